The highest BCUT2D eigenvalue weighted by Gasteiger charge is 2.14. The highest BCUT2D eigenvalue weighted by Crippen LogP contribution is 2.21. The third-order valence-corrected chi connectivity index (χ3v) is 4.48. The van der Waals surface area contributed by atoms with Gasteiger partial charge in [-0.05, 0) is 35.9 Å². The minimum absolute atomic E-state index is 0.0809. The van der Waals surface area contributed by atoms with Crippen LogP contribution in [0.4, 0.5) is 5.69 Å². The summed E-state index contributed by atoms with van der Waals surface area (Å²) in [6, 6.07) is 12.8. The molecule has 1 N–H and O–H groups in total. The molecule has 0 atom stereocenters. The average Bonchev–Trinajstić information content (AvgIpc) is 2.59. The number of nitrogens with one attached hydrogen (secondary N) is 1. The molecule has 0 fully saturated rings. The number of anilines is 1. The van der Waals surface area contributed by atoms with E-state index in [9.17, 15) is 13.2 Å². The van der Waals surface area contributed by atoms with Gasteiger partial charge in [0.2, 0.25) is 0 Å². The molecule has 0 aliphatic heterocycles. The fraction of sp³-hybridized carbons (Fsp3) is 0.118. The monoisotopic (exact) mass is 347 g/mol. The first kappa shape index (κ1) is 17.6. The van der Waals surface area contributed by atoms with Gasteiger partial charge in [-0.3, -0.25) is 4.72 Å². The molecular weight excluding hydrogens is 330 g/mol. The SMILES string of the molecule is COC(=O)C=Cc1cccc(S(=O)(=O)Nc2cccc(OC)c2)c1. The van der Waals surface area contributed by atoms with E-state index in [2.05, 4.69) is 9.46 Å². The molecule has 0 aliphatic carbocycles. The van der Waals surface area contributed by atoms with Crippen LogP contribution in [0.1, 0.15) is 5.56 Å². The second-order valence-electron chi connectivity index (χ2n) is 4.77. The minimum atomic E-state index is -3.76. The Morgan fingerprint density at radius 3 is 2.54 bits per heavy atom. The minimum Gasteiger partial charge on any atom is -0.497 e. The molecular formula is C17H17NO5S. The number of methoxy groups -OCH3 is 2. The number of carbonyl (C=O) groups excluding carboxylic acids is 1. The van der Waals surface area contributed by atoms with Crippen LogP contribution in [0.3, 0.4) is 0 Å². The molecule has 0 amide bonds. The predicted octanol–water partition coefficient (Wildman–Crippen LogP) is 2.68. The van der Waals surface area contributed by atoms with Gasteiger partial charge in [0.05, 0.1) is 24.8 Å². The Morgan fingerprint density at radius 2 is 1.83 bits per heavy atom. The lowest BCUT2D eigenvalue weighted by Crippen LogP contribution is -2.13. The molecule has 2 aromatic carbocycles. The lowest BCUT2D eigenvalue weighted by atomic mass is 10.2. The Kier molecular flexibility index (Phi) is 5.59. The largest absolute Gasteiger partial charge is 0.497 e. The predicted molar refractivity (Wildman–Crippen MR) is 91.3 cm³/mol. The van der Waals surface area contributed by atoms with Crippen LogP contribution in [0.25, 0.3) is 6.08 Å². The second kappa shape index (κ2) is 7.65. The highest BCUT2D eigenvalue weighted by atomic mass is 32.2. The van der Waals surface area contributed by atoms with Crippen molar-refractivity contribution in [2.75, 3.05) is 18.9 Å². The summed E-state index contributed by atoms with van der Waals surface area (Å²) in [5.41, 5.74) is 0.957. The lowest BCUT2D eigenvalue weighted by Gasteiger charge is -2.09. The zero-order chi connectivity index (χ0) is 17.6. The summed E-state index contributed by atoms with van der Waals surface area (Å²) in [5.74, 6) is 0.0303. The zero-order valence-corrected chi connectivity index (χ0v) is 14.0. The molecule has 0 heterocycles. The molecule has 0 bridgehead atoms. The number of carbonyl (C=O) groups is 1. The summed E-state index contributed by atoms with van der Waals surface area (Å²) in [4.78, 5) is 11.2. The van der Waals surface area contributed by atoms with E-state index in [1.165, 1.54) is 38.5 Å². The maximum absolute atomic E-state index is 12.5. The smallest absolute Gasteiger partial charge is 0.330 e. The molecule has 0 spiro atoms. The summed E-state index contributed by atoms with van der Waals surface area (Å²) in [6.07, 6.45) is 2.71. The number of ether oxygens (including phenoxy) is 2. The molecule has 0 radical (unpaired) electrons. The van der Waals surface area contributed by atoms with E-state index in [1.807, 2.05) is 0 Å². The van der Waals surface area contributed by atoms with Crippen LogP contribution in [0, 0.1) is 0 Å². The van der Waals surface area contributed by atoms with E-state index in [0.29, 0.717) is 17.0 Å². The number of esters is 1. The molecule has 24 heavy (non-hydrogen) atoms. The van der Waals surface area contributed by atoms with Crippen LogP contribution in [0.5, 0.6) is 5.75 Å². The van der Waals surface area contributed by atoms with Crippen LogP contribution in [0.2, 0.25) is 0 Å². The zero-order valence-electron chi connectivity index (χ0n) is 13.2. The first-order valence-corrected chi connectivity index (χ1v) is 8.46. The fourth-order valence-electron chi connectivity index (χ4n) is 1.92. The third-order valence-electron chi connectivity index (χ3n) is 3.10. The van der Waals surface area contributed by atoms with Gasteiger partial charge < -0.3 is 9.47 Å². The Bertz CT molecular complexity index is 859. The Morgan fingerprint density at radius 1 is 1.08 bits per heavy atom. The average molecular weight is 347 g/mol. The van der Waals surface area contributed by atoms with Crippen molar-refractivity contribution in [2.24, 2.45) is 0 Å². The van der Waals surface area contributed by atoms with Crippen molar-refractivity contribution < 1.29 is 22.7 Å². The van der Waals surface area contributed by atoms with Gasteiger partial charge in [-0.25, -0.2) is 13.2 Å². The van der Waals surface area contributed by atoms with Crippen LogP contribution in [0.15, 0.2) is 59.5 Å². The second-order valence-corrected chi connectivity index (χ2v) is 6.45. The molecule has 0 aliphatic rings. The van der Waals surface area contributed by atoms with Gasteiger partial charge in [0.1, 0.15) is 5.75 Å². The van der Waals surface area contributed by atoms with Crippen molar-refractivity contribution in [1.82, 2.24) is 0 Å². The van der Waals surface area contributed by atoms with Crippen molar-refractivity contribution in [2.45, 2.75) is 4.90 Å². The molecule has 0 aromatic heterocycles. The quantitative estimate of drug-likeness (QED) is 0.642. The maximum atomic E-state index is 12.5. The van der Waals surface area contributed by atoms with Crippen molar-refractivity contribution >= 4 is 27.8 Å². The number of sulfonamides is 1. The first-order chi connectivity index (χ1) is 11.4. The number of rotatable bonds is 6. The van der Waals surface area contributed by atoms with Crippen molar-refractivity contribution in [3.05, 3.63) is 60.2 Å². The molecule has 0 saturated carbocycles. The van der Waals surface area contributed by atoms with Crippen LogP contribution in [-0.2, 0) is 19.6 Å². The molecule has 2 aromatic rings. The van der Waals surface area contributed by atoms with Crippen molar-refractivity contribution in [1.29, 1.82) is 0 Å². The summed E-state index contributed by atoms with van der Waals surface area (Å²) in [5, 5.41) is 0. The summed E-state index contributed by atoms with van der Waals surface area (Å²) in [6.45, 7) is 0. The summed E-state index contributed by atoms with van der Waals surface area (Å²) < 4.78 is 37.0. The Labute approximate surface area is 140 Å². The van der Waals surface area contributed by atoms with Crippen molar-refractivity contribution in [3.8, 4) is 5.75 Å². The molecule has 126 valence electrons. The van der Waals surface area contributed by atoms with Crippen molar-refractivity contribution in [3.63, 3.8) is 0 Å². The molecule has 0 saturated heterocycles. The van der Waals surface area contributed by atoms with E-state index in [1.54, 1.807) is 36.4 Å². The Hall–Kier alpha value is -2.80. The molecule has 2 rings (SSSR count). The molecule has 7 heteroatoms. The van der Waals surface area contributed by atoms with Crippen LogP contribution in [-0.4, -0.2) is 28.6 Å². The van der Waals surface area contributed by atoms with E-state index >= 15 is 0 Å². The molecule has 0 unspecified atom stereocenters. The summed E-state index contributed by atoms with van der Waals surface area (Å²) in [7, 11) is -0.986. The van der Waals surface area contributed by atoms with Gasteiger partial charge in [0.15, 0.2) is 0 Å². The lowest BCUT2D eigenvalue weighted by molar-refractivity contribution is -0.134. The Balaban J connectivity index is 2.25. The molecule has 6 nitrogen and oxygen atoms in total. The van der Waals surface area contributed by atoms with Gasteiger partial charge >= 0.3 is 5.97 Å². The highest BCUT2D eigenvalue weighted by molar-refractivity contribution is 7.92. The first-order valence-electron chi connectivity index (χ1n) is 6.97. The van der Waals surface area contributed by atoms with E-state index < -0.39 is 16.0 Å². The fourth-order valence-corrected chi connectivity index (χ4v) is 3.02. The topological polar surface area (TPSA) is 81.7 Å². The van der Waals surface area contributed by atoms with Gasteiger partial charge in [-0.15, -0.1) is 0 Å². The third kappa shape index (κ3) is 4.60. The number of benzene rings is 2. The van der Waals surface area contributed by atoms with E-state index in [4.69, 9.17) is 4.74 Å². The standard InChI is InChI=1S/C17H17NO5S/c1-22-15-7-4-6-14(12-15)18-24(20,21)16-8-3-5-13(11-16)9-10-17(19)23-2/h3-12,18H,1-2H3. The number of hydrogen-bond acceptors (Lipinski definition) is 5. The normalized spacial score (nSPS) is 11.2. The van der Waals surface area contributed by atoms with E-state index in [0.717, 1.165) is 0 Å². The number of hydrogen-bond donors (Lipinski definition) is 1. The van der Waals surface area contributed by atoms with E-state index in [-0.39, 0.29) is 4.90 Å². The van der Waals surface area contributed by atoms with Gasteiger partial charge in [-0.1, -0.05) is 18.2 Å². The van der Waals surface area contributed by atoms with Gasteiger partial charge in [-0.2, -0.15) is 0 Å². The van der Waals surface area contributed by atoms with Crippen LogP contribution >= 0.6 is 0 Å². The van der Waals surface area contributed by atoms with Gasteiger partial charge in [0, 0.05) is 12.1 Å². The maximum Gasteiger partial charge on any atom is 0.330 e. The summed E-state index contributed by atoms with van der Waals surface area (Å²) >= 11 is 0. The van der Waals surface area contributed by atoms with Crippen LogP contribution < -0.4 is 9.46 Å². The van der Waals surface area contributed by atoms with Gasteiger partial charge in [0.25, 0.3) is 10.0 Å².